The Morgan fingerprint density at radius 3 is 2.50 bits per heavy atom. The van der Waals surface area contributed by atoms with Gasteiger partial charge in [-0.05, 0) is 38.3 Å². The van der Waals surface area contributed by atoms with Gasteiger partial charge in [0.1, 0.15) is 0 Å². The zero-order valence-corrected chi connectivity index (χ0v) is 15.7. The van der Waals surface area contributed by atoms with E-state index in [1.165, 1.54) is 12.1 Å². The molecule has 0 saturated carbocycles. The molecule has 1 fully saturated rings. The highest BCUT2D eigenvalue weighted by Crippen LogP contribution is 2.23. The molecule has 7 heteroatoms. The maximum atomic E-state index is 12.6. The number of carbonyl (C=O) groups excluding carboxylic acids is 2. The second-order valence-corrected chi connectivity index (χ2v) is 6.94. The standard InChI is InChI=1S/C19H27N3O4/c1-4-5-10-20(3)18(23)15-8-11-21(12-9-15)19(24)16-6-7-17(22(25)26)14(2)13-16/h6-7,13,15H,4-5,8-12H2,1-3H3. The molecular formula is C19H27N3O4. The first kappa shape index (κ1) is 19.9. The third kappa shape index (κ3) is 4.59. The van der Waals surface area contributed by atoms with E-state index >= 15 is 0 Å². The summed E-state index contributed by atoms with van der Waals surface area (Å²) in [4.78, 5) is 39.1. The number of hydrogen-bond donors (Lipinski definition) is 0. The summed E-state index contributed by atoms with van der Waals surface area (Å²) in [6, 6.07) is 4.45. The third-order valence-electron chi connectivity index (χ3n) is 5.00. The number of aryl methyl sites for hydroxylation is 1. The monoisotopic (exact) mass is 361 g/mol. The molecule has 0 atom stereocenters. The van der Waals surface area contributed by atoms with E-state index in [9.17, 15) is 19.7 Å². The molecule has 1 aliphatic rings. The molecule has 1 aromatic carbocycles. The molecule has 0 N–H and O–H groups in total. The number of nitro groups is 1. The zero-order valence-electron chi connectivity index (χ0n) is 15.7. The van der Waals surface area contributed by atoms with Gasteiger partial charge in [-0.1, -0.05) is 13.3 Å². The topological polar surface area (TPSA) is 83.8 Å². The molecule has 7 nitrogen and oxygen atoms in total. The summed E-state index contributed by atoms with van der Waals surface area (Å²) in [5.74, 6) is 0.00414. The lowest BCUT2D eigenvalue weighted by Gasteiger charge is -2.33. The molecule has 2 amide bonds. The number of nitrogens with zero attached hydrogens (tertiary/aromatic N) is 3. The van der Waals surface area contributed by atoms with Crippen molar-refractivity contribution in [2.45, 2.75) is 39.5 Å². The van der Waals surface area contributed by atoms with Crippen LogP contribution in [0.15, 0.2) is 18.2 Å². The van der Waals surface area contributed by atoms with Gasteiger partial charge < -0.3 is 9.80 Å². The van der Waals surface area contributed by atoms with Gasteiger partial charge in [-0.2, -0.15) is 0 Å². The minimum Gasteiger partial charge on any atom is -0.346 e. The van der Waals surface area contributed by atoms with E-state index in [4.69, 9.17) is 0 Å². The fourth-order valence-electron chi connectivity index (χ4n) is 3.32. The maximum Gasteiger partial charge on any atom is 0.272 e. The maximum absolute atomic E-state index is 12.6. The molecule has 0 aromatic heterocycles. The first-order valence-electron chi connectivity index (χ1n) is 9.14. The highest BCUT2D eigenvalue weighted by Gasteiger charge is 2.29. The number of nitro benzene ring substituents is 1. The lowest BCUT2D eigenvalue weighted by Crippen LogP contribution is -2.43. The van der Waals surface area contributed by atoms with Crippen LogP contribution in [-0.4, -0.2) is 53.2 Å². The Bertz CT molecular complexity index is 681. The number of benzene rings is 1. The number of hydrogen-bond acceptors (Lipinski definition) is 4. The van der Waals surface area contributed by atoms with Crippen molar-refractivity contribution in [1.29, 1.82) is 0 Å². The molecule has 0 unspecified atom stereocenters. The average Bonchev–Trinajstić information content (AvgIpc) is 2.64. The highest BCUT2D eigenvalue weighted by molar-refractivity contribution is 5.95. The summed E-state index contributed by atoms with van der Waals surface area (Å²) in [6.45, 7) is 5.57. The summed E-state index contributed by atoms with van der Waals surface area (Å²) < 4.78 is 0. The number of rotatable bonds is 6. The molecule has 1 aromatic rings. The lowest BCUT2D eigenvalue weighted by molar-refractivity contribution is -0.385. The van der Waals surface area contributed by atoms with E-state index in [0.717, 1.165) is 19.4 Å². The summed E-state index contributed by atoms with van der Waals surface area (Å²) >= 11 is 0. The number of piperidine rings is 1. The third-order valence-corrected chi connectivity index (χ3v) is 5.00. The molecule has 1 saturated heterocycles. The van der Waals surface area contributed by atoms with Crippen molar-refractivity contribution in [2.75, 3.05) is 26.7 Å². The first-order chi connectivity index (χ1) is 12.3. The Balaban J connectivity index is 1.95. The van der Waals surface area contributed by atoms with Gasteiger partial charge in [-0.15, -0.1) is 0 Å². The van der Waals surface area contributed by atoms with Crippen molar-refractivity contribution in [3.05, 3.63) is 39.4 Å². The van der Waals surface area contributed by atoms with Crippen LogP contribution in [0.2, 0.25) is 0 Å². The van der Waals surface area contributed by atoms with Gasteiger partial charge in [0, 0.05) is 49.8 Å². The molecule has 1 heterocycles. The summed E-state index contributed by atoms with van der Waals surface area (Å²) in [7, 11) is 1.84. The van der Waals surface area contributed by atoms with Crippen molar-refractivity contribution in [2.24, 2.45) is 5.92 Å². The molecule has 2 rings (SSSR count). The van der Waals surface area contributed by atoms with Crippen LogP contribution < -0.4 is 0 Å². The van der Waals surface area contributed by atoms with E-state index in [1.807, 2.05) is 7.05 Å². The van der Waals surface area contributed by atoms with E-state index in [2.05, 4.69) is 6.92 Å². The van der Waals surface area contributed by atoms with Crippen LogP contribution in [0.25, 0.3) is 0 Å². The van der Waals surface area contributed by atoms with Gasteiger partial charge in [0.05, 0.1) is 4.92 Å². The number of amides is 2. The number of likely N-dealkylation sites (tertiary alicyclic amines) is 1. The fraction of sp³-hybridized carbons (Fsp3) is 0.579. The molecule has 26 heavy (non-hydrogen) atoms. The fourth-order valence-corrected chi connectivity index (χ4v) is 3.32. The Morgan fingerprint density at radius 2 is 1.96 bits per heavy atom. The van der Waals surface area contributed by atoms with Crippen LogP contribution in [0, 0.1) is 23.0 Å². The van der Waals surface area contributed by atoms with Crippen molar-refractivity contribution in [3.63, 3.8) is 0 Å². The van der Waals surface area contributed by atoms with Gasteiger partial charge in [-0.3, -0.25) is 19.7 Å². The number of carbonyl (C=O) groups is 2. The van der Waals surface area contributed by atoms with Crippen LogP contribution in [0.5, 0.6) is 0 Å². The van der Waals surface area contributed by atoms with Crippen molar-refractivity contribution in [3.8, 4) is 0 Å². The minimum atomic E-state index is -0.449. The Morgan fingerprint density at radius 1 is 1.31 bits per heavy atom. The predicted octanol–water partition coefficient (Wildman–Crippen LogP) is 3.01. The molecule has 142 valence electrons. The second kappa shape index (κ2) is 8.78. The van der Waals surface area contributed by atoms with E-state index in [-0.39, 0.29) is 23.4 Å². The van der Waals surface area contributed by atoms with E-state index in [1.54, 1.807) is 22.8 Å². The molecule has 0 bridgehead atoms. The highest BCUT2D eigenvalue weighted by atomic mass is 16.6. The van der Waals surface area contributed by atoms with Gasteiger partial charge in [0.25, 0.3) is 11.6 Å². The molecular weight excluding hydrogens is 334 g/mol. The van der Waals surface area contributed by atoms with Crippen molar-refractivity contribution < 1.29 is 14.5 Å². The quantitative estimate of drug-likeness (QED) is 0.576. The Labute approximate surface area is 154 Å². The number of unbranched alkanes of at least 4 members (excludes halogenated alkanes) is 1. The minimum absolute atomic E-state index is 0.0148. The van der Waals surface area contributed by atoms with Crippen LogP contribution in [-0.2, 0) is 4.79 Å². The molecule has 0 spiro atoms. The van der Waals surface area contributed by atoms with Crippen molar-refractivity contribution in [1.82, 2.24) is 9.80 Å². The second-order valence-electron chi connectivity index (χ2n) is 6.94. The lowest BCUT2D eigenvalue weighted by atomic mass is 9.94. The van der Waals surface area contributed by atoms with Crippen LogP contribution >= 0.6 is 0 Å². The van der Waals surface area contributed by atoms with E-state index < -0.39 is 4.92 Å². The molecule has 1 aliphatic heterocycles. The first-order valence-corrected chi connectivity index (χ1v) is 9.14. The van der Waals surface area contributed by atoms with Crippen LogP contribution in [0.1, 0.15) is 48.5 Å². The van der Waals surface area contributed by atoms with Crippen molar-refractivity contribution >= 4 is 17.5 Å². The van der Waals surface area contributed by atoms with Gasteiger partial charge in [0.15, 0.2) is 0 Å². The molecule has 0 aliphatic carbocycles. The zero-order chi connectivity index (χ0) is 19.3. The van der Waals surface area contributed by atoms with E-state index in [0.29, 0.717) is 37.1 Å². The summed E-state index contributed by atoms with van der Waals surface area (Å²) in [5.41, 5.74) is 0.947. The normalized spacial score (nSPS) is 15.0. The Hall–Kier alpha value is -2.44. The molecule has 0 radical (unpaired) electrons. The largest absolute Gasteiger partial charge is 0.346 e. The summed E-state index contributed by atoms with van der Waals surface area (Å²) in [6.07, 6.45) is 3.37. The van der Waals surface area contributed by atoms with Gasteiger partial charge in [0.2, 0.25) is 5.91 Å². The SMILES string of the molecule is CCCCN(C)C(=O)C1CCN(C(=O)c2ccc([N+](=O)[O-])c(C)c2)CC1. The van der Waals surface area contributed by atoms with Crippen LogP contribution in [0.3, 0.4) is 0 Å². The van der Waals surface area contributed by atoms with Crippen LogP contribution in [0.4, 0.5) is 5.69 Å². The smallest absolute Gasteiger partial charge is 0.272 e. The average molecular weight is 361 g/mol. The predicted molar refractivity (Wildman–Crippen MR) is 99.0 cm³/mol. The Kier molecular flexibility index (Phi) is 6.71. The van der Waals surface area contributed by atoms with Gasteiger partial charge in [-0.25, -0.2) is 0 Å². The summed E-state index contributed by atoms with van der Waals surface area (Å²) in [5, 5.41) is 10.9. The van der Waals surface area contributed by atoms with Gasteiger partial charge >= 0.3 is 0 Å².